The first-order chi connectivity index (χ1) is 17.3. The highest BCUT2D eigenvalue weighted by molar-refractivity contribution is 8.26. The van der Waals surface area contributed by atoms with Crippen LogP contribution >= 0.6 is 24.0 Å². The highest BCUT2D eigenvalue weighted by atomic mass is 32.2. The number of halogens is 1. The number of piperazine rings is 1. The van der Waals surface area contributed by atoms with Gasteiger partial charge in [0.05, 0.1) is 10.6 Å². The van der Waals surface area contributed by atoms with E-state index < -0.39 is 0 Å². The number of carbonyl (C=O) groups excluding carboxylic acids is 1. The number of aromatic nitrogens is 1. The molecule has 2 aliphatic rings. The lowest BCUT2D eigenvalue weighted by Crippen LogP contribution is -2.49. The maximum Gasteiger partial charge on any atom is 0.270 e. The zero-order chi connectivity index (χ0) is 26.0. The lowest BCUT2D eigenvalue weighted by Gasteiger charge is -2.39. The Kier molecular flexibility index (Phi) is 7.62. The smallest absolute Gasteiger partial charge is 0.270 e. The molecule has 0 bridgehead atoms. The molecule has 2 fully saturated rings. The van der Waals surface area contributed by atoms with E-state index in [2.05, 4.69) is 11.5 Å². The summed E-state index contributed by atoms with van der Waals surface area (Å²) < 4.78 is 16.4. The minimum Gasteiger partial charge on any atom is -0.366 e. The number of thiocarbonyl (C=S) groups is 1. The van der Waals surface area contributed by atoms with Crippen molar-refractivity contribution in [1.29, 1.82) is 5.26 Å². The number of anilines is 2. The maximum atomic E-state index is 14.4. The highest BCUT2D eigenvalue weighted by Gasteiger charge is 2.33. The molecule has 7 nitrogen and oxygen atoms in total. The van der Waals surface area contributed by atoms with E-state index in [-0.39, 0.29) is 22.8 Å². The average Bonchev–Trinajstić information content (AvgIpc) is 3.14. The molecule has 2 aliphatic heterocycles. The molecule has 36 heavy (non-hydrogen) atoms. The van der Waals surface area contributed by atoms with Crippen LogP contribution in [0.1, 0.15) is 23.6 Å². The number of hydrogen-bond acceptors (Lipinski definition) is 7. The second-order valence-electron chi connectivity index (χ2n) is 8.40. The molecule has 4 rings (SSSR count). The summed E-state index contributed by atoms with van der Waals surface area (Å²) in [6, 6.07) is 8.73. The zero-order valence-corrected chi connectivity index (χ0v) is 21.8. The summed E-state index contributed by atoms with van der Waals surface area (Å²) in [5.41, 5.74) is 1.41. The Balaban J connectivity index is 1.78. The molecular weight excluding hydrogens is 497 g/mol. The van der Waals surface area contributed by atoms with Gasteiger partial charge in [-0.3, -0.25) is 19.1 Å². The molecule has 0 N–H and O–H groups in total. The number of benzene rings is 1. The van der Waals surface area contributed by atoms with Crippen LogP contribution in [-0.2, 0) is 11.3 Å². The minimum absolute atomic E-state index is 0.0541. The maximum absolute atomic E-state index is 14.4. The predicted molar refractivity (Wildman–Crippen MR) is 147 cm³/mol. The number of carbonyl (C=O) groups is 1. The van der Waals surface area contributed by atoms with E-state index in [0.717, 1.165) is 0 Å². The molecule has 1 amide bonds. The second-order valence-corrected chi connectivity index (χ2v) is 10.1. The summed E-state index contributed by atoms with van der Waals surface area (Å²) in [5.74, 6) is 0.154. The number of thioether (sulfide) groups is 1. The molecular formula is C26H26FN5O2S2. The average molecular weight is 524 g/mol. The van der Waals surface area contributed by atoms with Crippen molar-refractivity contribution in [3.8, 4) is 6.07 Å². The molecule has 0 unspecified atom stereocenters. The van der Waals surface area contributed by atoms with E-state index in [9.17, 15) is 19.2 Å². The molecule has 2 aromatic rings. The predicted octanol–water partition coefficient (Wildman–Crippen LogP) is 3.90. The minimum atomic E-state index is -0.361. The van der Waals surface area contributed by atoms with E-state index in [0.29, 0.717) is 71.1 Å². The highest BCUT2D eigenvalue weighted by Crippen LogP contribution is 2.36. The van der Waals surface area contributed by atoms with Gasteiger partial charge in [0.2, 0.25) is 0 Å². The monoisotopic (exact) mass is 523 g/mol. The Morgan fingerprint density at radius 3 is 2.47 bits per heavy atom. The van der Waals surface area contributed by atoms with Crippen molar-refractivity contribution in [3.05, 3.63) is 74.7 Å². The van der Waals surface area contributed by atoms with Crippen molar-refractivity contribution in [3.63, 3.8) is 0 Å². The first-order valence-electron chi connectivity index (χ1n) is 11.6. The molecule has 3 heterocycles. The van der Waals surface area contributed by atoms with Crippen LogP contribution in [0.25, 0.3) is 6.08 Å². The number of para-hydroxylation sites is 1. The number of rotatable bonds is 6. The third kappa shape index (κ3) is 4.56. The summed E-state index contributed by atoms with van der Waals surface area (Å²) in [6.07, 6.45) is 3.35. The van der Waals surface area contributed by atoms with Gasteiger partial charge in [0.15, 0.2) is 0 Å². The van der Waals surface area contributed by atoms with Crippen LogP contribution in [0.3, 0.4) is 0 Å². The fourth-order valence-electron chi connectivity index (χ4n) is 4.56. The van der Waals surface area contributed by atoms with Gasteiger partial charge in [-0.15, -0.1) is 6.58 Å². The molecule has 1 aromatic heterocycles. The van der Waals surface area contributed by atoms with Crippen LogP contribution in [-0.4, -0.2) is 52.4 Å². The van der Waals surface area contributed by atoms with E-state index in [1.165, 1.54) is 22.7 Å². The topological polar surface area (TPSA) is 72.6 Å². The van der Waals surface area contributed by atoms with Crippen LogP contribution in [0.5, 0.6) is 0 Å². The van der Waals surface area contributed by atoms with Crippen LogP contribution in [0.4, 0.5) is 15.9 Å². The van der Waals surface area contributed by atoms with E-state index >= 15 is 0 Å². The van der Waals surface area contributed by atoms with Crippen LogP contribution in [0, 0.1) is 24.1 Å². The summed E-state index contributed by atoms with van der Waals surface area (Å²) in [5, 5.41) is 9.75. The lowest BCUT2D eigenvalue weighted by atomic mass is 10.0. The number of nitriles is 1. The molecule has 2 saturated heterocycles. The Morgan fingerprint density at radius 2 is 1.86 bits per heavy atom. The van der Waals surface area contributed by atoms with E-state index in [4.69, 9.17) is 12.2 Å². The quantitative estimate of drug-likeness (QED) is 0.323. The van der Waals surface area contributed by atoms with Crippen molar-refractivity contribution < 1.29 is 9.18 Å². The van der Waals surface area contributed by atoms with Crippen molar-refractivity contribution in [1.82, 2.24) is 9.47 Å². The Hall–Kier alpha value is -3.42. The Bertz CT molecular complexity index is 1370. The Morgan fingerprint density at radius 1 is 1.19 bits per heavy atom. The van der Waals surface area contributed by atoms with Gasteiger partial charge in [-0.1, -0.05) is 42.2 Å². The summed E-state index contributed by atoms with van der Waals surface area (Å²) in [6.45, 7) is 10.1. The summed E-state index contributed by atoms with van der Waals surface area (Å²) >= 11 is 6.57. The van der Waals surface area contributed by atoms with Gasteiger partial charge in [-0.2, -0.15) is 5.26 Å². The molecule has 0 atom stereocenters. The van der Waals surface area contributed by atoms with Gasteiger partial charge >= 0.3 is 0 Å². The lowest BCUT2D eigenvalue weighted by molar-refractivity contribution is -0.121. The first-order valence-corrected chi connectivity index (χ1v) is 12.8. The van der Waals surface area contributed by atoms with E-state index in [1.54, 1.807) is 35.8 Å². The van der Waals surface area contributed by atoms with Gasteiger partial charge in [0, 0.05) is 44.8 Å². The second kappa shape index (κ2) is 10.7. The molecule has 0 radical (unpaired) electrons. The van der Waals surface area contributed by atoms with Crippen molar-refractivity contribution in [2.75, 3.05) is 42.5 Å². The van der Waals surface area contributed by atoms with Crippen molar-refractivity contribution in [2.24, 2.45) is 0 Å². The molecule has 10 heteroatoms. The number of amides is 1. The van der Waals surface area contributed by atoms with Crippen molar-refractivity contribution >= 4 is 51.8 Å². The number of pyridine rings is 1. The zero-order valence-electron chi connectivity index (χ0n) is 20.2. The van der Waals surface area contributed by atoms with Crippen LogP contribution in [0.15, 0.2) is 46.6 Å². The van der Waals surface area contributed by atoms with Gasteiger partial charge in [-0.05, 0) is 37.6 Å². The van der Waals surface area contributed by atoms with Crippen molar-refractivity contribution in [2.45, 2.75) is 20.4 Å². The Labute approximate surface area is 219 Å². The van der Waals surface area contributed by atoms with Gasteiger partial charge in [0.1, 0.15) is 27.6 Å². The van der Waals surface area contributed by atoms with E-state index in [1.807, 2.05) is 24.0 Å². The third-order valence-corrected chi connectivity index (χ3v) is 7.77. The first kappa shape index (κ1) is 25.7. The fraction of sp³-hybridized carbons (Fsp3) is 0.308. The van der Waals surface area contributed by atoms with Gasteiger partial charge in [-0.25, -0.2) is 4.39 Å². The molecule has 0 saturated carbocycles. The molecule has 0 spiro atoms. The normalized spacial score (nSPS) is 17.2. The summed E-state index contributed by atoms with van der Waals surface area (Å²) in [4.78, 5) is 32.2. The van der Waals surface area contributed by atoms with Gasteiger partial charge < -0.3 is 9.80 Å². The van der Waals surface area contributed by atoms with Gasteiger partial charge in [0.25, 0.3) is 11.5 Å². The molecule has 1 aromatic carbocycles. The largest absolute Gasteiger partial charge is 0.366 e. The summed E-state index contributed by atoms with van der Waals surface area (Å²) in [7, 11) is 0. The fourth-order valence-corrected chi connectivity index (χ4v) is 5.82. The number of hydrogen-bond donors (Lipinski definition) is 0. The molecule has 0 aliphatic carbocycles. The molecule has 186 valence electrons. The number of nitrogens with zero attached hydrogens (tertiary/aromatic N) is 5. The van der Waals surface area contributed by atoms with Crippen LogP contribution < -0.4 is 15.4 Å². The third-order valence-electron chi connectivity index (χ3n) is 6.40. The SMILES string of the molecule is C=CCN1C(=O)/C(=C\c2c(C)c(C#N)c(=O)n(CC)c2N2CCN(c3ccccc3F)CC2)SC1=S. The standard InChI is InChI=1S/C26H26FN5O2S2/c1-4-10-32-25(34)22(36-26(32)35)15-18-17(3)19(16-28)24(33)31(5-2)23(18)30-13-11-29(12-14-30)21-9-7-6-8-20(21)27/h4,6-9,15H,1,5,10-14H2,2-3H3/b22-15+. The van der Waals surface area contributed by atoms with Crippen LogP contribution in [0.2, 0.25) is 0 Å².